The highest BCUT2D eigenvalue weighted by Crippen LogP contribution is 2.33. The van der Waals surface area contributed by atoms with Gasteiger partial charge in [0.25, 0.3) is 11.5 Å². The van der Waals surface area contributed by atoms with Crippen molar-refractivity contribution in [1.82, 2.24) is 14.8 Å². The summed E-state index contributed by atoms with van der Waals surface area (Å²) in [6.07, 6.45) is 1.80. The van der Waals surface area contributed by atoms with Crippen LogP contribution < -0.4 is 5.56 Å². The molecule has 1 atom stereocenters. The summed E-state index contributed by atoms with van der Waals surface area (Å²) in [6.45, 7) is -0.298. The molecule has 0 aliphatic carbocycles. The van der Waals surface area contributed by atoms with Crippen molar-refractivity contribution in [2.45, 2.75) is 19.0 Å². The van der Waals surface area contributed by atoms with E-state index in [0.29, 0.717) is 6.42 Å². The molecule has 5 rings (SSSR count). The maximum atomic E-state index is 13.3. The van der Waals surface area contributed by atoms with Crippen LogP contribution in [0.25, 0.3) is 10.8 Å². The average Bonchev–Trinajstić information content (AvgIpc) is 3.30. The Labute approximate surface area is 199 Å². The molecule has 4 aromatic rings. The molecular formula is C25H18Cl2N4O2. The third-order valence-corrected chi connectivity index (χ3v) is 6.41. The number of carbonyl (C=O) groups is 1. The summed E-state index contributed by atoms with van der Waals surface area (Å²) in [6, 6.07) is 23.7. The van der Waals surface area contributed by atoms with Crippen LogP contribution in [0.5, 0.6) is 0 Å². The smallest absolute Gasteiger partial charge is 0.271 e. The second-order valence-electron chi connectivity index (χ2n) is 7.75. The van der Waals surface area contributed by atoms with E-state index in [9.17, 15) is 9.59 Å². The Bertz CT molecular complexity index is 1450. The van der Waals surface area contributed by atoms with Crippen LogP contribution in [0, 0.1) is 0 Å². The second kappa shape index (κ2) is 8.81. The topological polar surface area (TPSA) is 67.6 Å². The van der Waals surface area contributed by atoms with Crippen molar-refractivity contribution in [2.75, 3.05) is 0 Å². The predicted octanol–water partition coefficient (Wildman–Crippen LogP) is 5.08. The number of amides is 1. The molecule has 0 fully saturated rings. The zero-order valence-electron chi connectivity index (χ0n) is 17.4. The van der Waals surface area contributed by atoms with Gasteiger partial charge in [0.15, 0.2) is 0 Å². The predicted molar refractivity (Wildman–Crippen MR) is 130 cm³/mol. The molecule has 0 spiro atoms. The number of benzene rings is 3. The summed E-state index contributed by atoms with van der Waals surface area (Å²) in [5.41, 5.74) is 2.10. The molecule has 0 bridgehead atoms. The Hall–Kier alpha value is -3.48. The SMILES string of the molecule is O=C(Cn1ncc(Cl)c(Cl)c1=O)N1N=C(c2ccc3ccccc3c2)CC1c1ccccc1. The lowest BCUT2D eigenvalue weighted by Crippen LogP contribution is -2.35. The Morgan fingerprint density at radius 3 is 2.48 bits per heavy atom. The Balaban J connectivity index is 1.51. The van der Waals surface area contributed by atoms with Gasteiger partial charge < -0.3 is 0 Å². The first-order chi connectivity index (χ1) is 16.0. The third kappa shape index (κ3) is 4.15. The molecule has 0 radical (unpaired) electrons. The Kier molecular flexibility index (Phi) is 5.70. The number of hydrogen-bond donors (Lipinski definition) is 0. The van der Waals surface area contributed by atoms with Crippen LogP contribution in [0.15, 0.2) is 88.9 Å². The van der Waals surface area contributed by atoms with E-state index in [1.54, 1.807) is 0 Å². The Morgan fingerprint density at radius 2 is 1.70 bits per heavy atom. The summed E-state index contributed by atoms with van der Waals surface area (Å²) in [4.78, 5) is 25.7. The summed E-state index contributed by atoms with van der Waals surface area (Å²) in [5.74, 6) is -0.368. The van der Waals surface area contributed by atoms with Gasteiger partial charge in [-0.3, -0.25) is 9.59 Å². The van der Waals surface area contributed by atoms with Gasteiger partial charge in [0.2, 0.25) is 0 Å². The molecule has 0 saturated carbocycles. The first-order valence-electron chi connectivity index (χ1n) is 10.4. The van der Waals surface area contributed by atoms with Crippen molar-refractivity contribution >= 4 is 45.6 Å². The first kappa shape index (κ1) is 21.4. The molecule has 1 unspecified atom stereocenters. The van der Waals surface area contributed by atoms with E-state index >= 15 is 0 Å². The van der Waals surface area contributed by atoms with Crippen molar-refractivity contribution in [3.63, 3.8) is 0 Å². The highest BCUT2D eigenvalue weighted by molar-refractivity contribution is 6.41. The average molecular weight is 477 g/mol. The van der Waals surface area contributed by atoms with Gasteiger partial charge in [-0.05, 0) is 28.0 Å². The monoisotopic (exact) mass is 476 g/mol. The highest BCUT2D eigenvalue weighted by Gasteiger charge is 2.33. The molecule has 1 amide bonds. The highest BCUT2D eigenvalue weighted by atomic mass is 35.5. The Morgan fingerprint density at radius 1 is 0.970 bits per heavy atom. The van der Waals surface area contributed by atoms with Gasteiger partial charge in [0.1, 0.15) is 11.6 Å². The molecule has 0 N–H and O–H groups in total. The molecule has 1 aromatic heterocycles. The summed E-state index contributed by atoms with van der Waals surface area (Å²) in [7, 11) is 0. The molecule has 2 heterocycles. The van der Waals surface area contributed by atoms with Gasteiger partial charge in [0, 0.05) is 6.42 Å². The molecule has 8 heteroatoms. The number of carbonyl (C=O) groups excluding carboxylic acids is 1. The zero-order valence-corrected chi connectivity index (χ0v) is 18.9. The van der Waals surface area contributed by atoms with E-state index in [1.165, 1.54) is 11.2 Å². The number of fused-ring (bicyclic) bond motifs is 1. The van der Waals surface area contributed by atoms with Crippen LogP contribution in [0.2, 0.25) is 10.0 Å². The quantitative estimate of drug-likeness (QED) is 0.412. The fourth-order valence-corrected chi connectivity index (χ4v) is 4.25. The fourth-order valence-electron chi connectivity index (χ4n) is 3.98. The minimum absolute atomic E-state index is 0.0466. The largest absolute Gasteiger partial charge is 0.287 e. The standard InChI is InChI=1S/C25H18Cl2N4O2/c26-20-14-28-30(25(33)24(20)27)15-23(32)31-22(17-7-2-1-3-8-17)13-21(29-31)19-11-10-16-6-4-5-9-18(16)12-19/h1-12,14,22H,13,15H2. The van der Waals surface area contributed by atoms with E-state index in [1.807, 2.05) is 60.7 Å². The van der Waals surface area contributed by atoms with Crippen LogP contribution in [0.3, 0.4) is 0 Å². The van der Waals surface area contributed by atoms with Crippen LogP contribution in [0.1, 0.15) is 23.6 Å². The van der Waals surface area contributed by atoms with Crippen LogP contribution >= 0.6 is 23.2 Å². The molecule has 6 nitrogen and oxygen atoms in total. The molecule has 33 heavy (non-hydrogen) atoms. The van der Waals surface area contributed by atoms with Gasteiger partial charge in [-0.1, -0.05) is 89.9 Å². The number of halogens is 2. The number of hydrogen-bond acceptors (Lipinski definition) is 4. The first-order valence-corrected chi connectivity index (χ1v) is 11.1. The van der Waals surface area contributed by atoms with E-state index in [-0.39, 0.29) is 28.5 Å². The lowest BCUT2D eigenvalue weighted by Gasteiger charge is -2.22. The van der Waals surface area contributed by atoms with Crippen molar-refractivity contribution < 1.29 is 4.79 Å². The molecule has 3 aromatic carbocycles. The molecule has 1 aliphatic heterocycles. The molecule has 164 valence electrons. The second-order valence-corrected chi connectivity index (χ2v) is 8.53. The van der Waals surface area contributed by atoms with Gasteiger partial charge in [-0.15, -0.1) is 0 Å². The minimum Gasteiger partial charge on any atom is -0.271 e. The lowest BCUT2D eigenvalue weighted by atomic mass is 9.97. The van der Waals surface area contributed by atoms with Crippen molar-refractivity contribution in [2.24, 2.45) is 5.10 Å². The van der Waals surface area contributed by atoms with Crippen molar-refractivity contribution in [1.29, 1.82) is 0 Å². The van der Waals surface area contributed by atoms with Crippen LogP contribution in [-0.4, -0.2) is 26.4 Å². The van der Waals surface area contributed by atoms with Gasteiger partial charge in [-0.2, -0.15) is 10.2 Å². The summed E-state index contributed by atoms with van der Waals surface area (Å²) < 4.78 is 1.00. The van der Waals surface area contributed by atoms with Gasteiger partial charge in [0.05, 0.1) is 23.0 Å². The zero-order chi connectivity index (χ0) is 22.9. The van der Waals surface area contributed by atoms with E-state index < -0.39 is 5.56 Å². The minimum atomic E-state index is -0.619. The fraction of sp³-hybridized carbons (Fsp3) is 0.120. The number of hydrazone groups is 1. The summed E-state index contributed by atoms with van der Waals surface area (Å²) >= 11 is 11.8. The van der Waals surface area contributed by atoms with Gasteiger partial charge >= 0.3 is 0 Å². The van der Waals surface area contributed by atoms with Crippen LogP contribution in [-0.2, 0) is 11.3 Å². The van der Waals surface area contributed by atoms with Crippen molar-refractivity contribution in [3.8, 4) is 0 Å². The molecule has 0 saturated heterocycles. The molecule has 1 aliphatic rings. The van der Waals surface area contributed by atoms with E-state index in [2.05, 4.69) is 22.3 Å². The molecular weight excluding hydrogens is 459 g/mol. The van der Waals surface area contributed by atoms with E-state index in [4.69, 9.17) is 23.2 Å². The van der Waals surface area contributed by atoms with Crippen molar-refractivity contribution in [3.05, 3.63) is 111 Å². The van der Waals surface area contributed by atoms with Crippen LogP contribution in [0.4, 0.5) is 0 Å². The third-order valence-electron chi connectivity index (χ3n) is 5.66. The van der Waals surface area contributed by atoms with Gasteiger partial charge in [-0.25, -0.2) is 9.69 Å². The number of aromatic nitrogens is 2. The normalized spacial score (nSPS) is 15.6. The maximum Gasteiger partial charge on any atom is 0.287 e. The maximum absolute atomic E-state index is 13.3. The number of nitrogens with zero attached hydrogens (tertiary/aromatic N) is 4. The summed E-state index contributed by atoms with van der Waals surface area (Å²) in [5, 5.41) is 12.2. The number of rotatable bonds is 4. The van der Waals surface area contributed by atoms with E-state index in [0.717, 1.165) is 32.3 Å². The lowest BCUT2D eigenvalue weighted by molar-refractivity contribution is -0.133.